The van der Waals surface area contributed by atoms with Crippen molar-refractivity contribution in [3.8, 4) is 0 Å². The first kappa shape index (κ1) is 17.6. The topological polar surface area (TPSA) is 52.6 Å². The van der Waals surface area contributed by atoms with Crippen LogP contribution in [0.1, 0.15) is 36.5 Å². The van der Waals surface area contributed by atoms with Gasteiger partial charge in [-0.3, -0.25) is 9.59 Å². The highest BCUT2D eigenvalue weighted by Gasteiger charge is 2.34. The summed E-state index contributed by atoms with van der Waals surface area (Å²) in [6.45, 7) is 10.3. The fourth-order valence-electron chi connectivity index (χ4n) is 2.11. The van der Waals surface area contributed by atoms with Gasteiger partial charge in [0.05, 0.1) is 13.2 Å². The van der Waals surface area contributed by atoms with Crippen molar-refractivity contribution in [1.82, 2.24) is 0 Å². The fraction of sp³-hybridized carbons (Fsp3) is 0.294. The van der Waals surface area contributed by atoms with Crippen LogP contribution in [0.15, 0.2) is 31.4 Å². The third-order valence-electron chi connectivity index (χ3n) is 2.98. The van der Waals surface area contributed by atoms with Crippen LogP contribution in [-0.2, 0) is 19.1 Å². The molecule has 0 radical (unpaired) electrons. The lowest BCUT2D eigenvalue weighted by atomic mass is 9.90. The lowest BCUT2D eigenvalue weighted by Crippen LogP contribution is -2.27. The fourth-order valence-corrected chi connectivity index (χ4v) is 2.11. The van der Waals surface area contributed by atoms with E-state index in [0.717, 1.165) is 0 Å². The van der Waals surface area contributed by atoms with E-state index in [1.165, 1.54) is 12.1 Å². The van der Waals surface area contributed by atoms with Gasteiger partial charge in [-0.15, -0.1) is 0 Å². The highest BCUT2D eigenvalue weighted by atomic mass is 19.1. The number of carbonyl (C=O) groups excluding carboxylic acids is 2. The summed E-state index contributed by atoms with van der Waals surface area (Å²) in [6.07, 6.45) is 1.43. The van der Waals surface area contributed by atoms with Crippen LogP contribution in [0.25, 0.3) is 11.9 Å². The SMILES string of the molecule is C=Cc1cccc(C(C(=O)OCC)C(=O)OCC)c1C(=C)F. The molecule has 0 saturated carbocycles. The number of carbonyl (C=O) groups is 2. The second-order valence-corrected chi connectivity index (χ2v) is 4.36. The molecular formula is C17H19FO4. The zero-order chi connectivity index (χ0) is 16.7. The lowest BCUT2D eigenvalue weighted by Gasteiger charge is -2.18. The zero-order valence-corrected chi connectivity index (χ0v) is 12.7. The van der Waals surface area contributed by atoms with E-state index in [1.807, 2.05) is 0 Å². The molecule has 0 fully saturated rings. The van der Waals surface area contributed by atoms with E-state index < -0.39 is 23.7 Å². The van der Waals surface area contributed by atoms with Gasteiger partial charge in [0.2, 0.25) is 0 Å². The van der Waals surface area contributed by atoms with E-state index in [0.29, 0.717) is 5.56 Å². The molecule has 0 aliphatic heterocycles. The van der Waals surface area contributed by atoms with Gasteiger partial charge in [-0.1, -0.05) is 37.4 Å². The molecule has 0 aliphatic rings. The average molecular weight is 306 g/mol. The highest BCUT2D eigenvalue weighted by molar-refractivity contribution is 6.02. The van der Waals surface area contributed by atoms with Gasteiger partial charge in [0.15, 0.2) is 5.92 Å². The van der Waals surface area contributed by atoms with Gasteiger partial charge in [-0.2, -0.15) is 0 Å². The quantitative estimate of drug-likeness (QED) is 0.571. The summed E-state index contributed by atoms with van der Waals surface area (Å²) < 4.78 is 23.7. The second-order valence-electron chi connectivity index (χ2n) is 4.36. The Bertz CT molecular complexity index is 574. The van der Waals surface area contributed by atoms with Crippen molar-refractivity contribution in [2.24, 2.45) is 0 Å². The van der Waals surface area contributed by atoms with Crippen LogP contribution in [-0.4, -0.2) is 25.2 Å². The number of benzene rings is 1. The van der Waals surface area contributed by atoms with E-state index in [2.05, 4.69) is 13.2 Å². The summed E-state index contributed by atoms with van der Waals surface area (Å²) in [7, 11) is 0. The molecule has 0 N–H and O–H groups in total. The Morgan fingerprint density at radius 3 is 2.18 bits per heavy atom. The average Bonchev–Trinajstić information content (AvgIpc) is 2.47. The Labute approximate surface area is 129 Å². The summed E-state index contributed by atoms with van der Waals surface area (Å²) >= 11 is 0. The molecule has 0 bridgehead atoms. The molecule has 22 heavy (non-hydrogen) atoms. The second kappa shape index (κ2) is 8.12. The maximum absolute atomic E-state index is 13.9. The molecule has 1 rings (SSSR count). The van der Waals surface area contributed by atoms with Gasteiger partial charge < -0.3 is 9.47 Å². The molecule has 0 spiro atoms. The number of ether oxygens (including phenoxy) is 2. The summed E-state index contributed by atoms with van der Waals surface area (Å²) in [5.41, 5.74) is 0.647. The monoisotopic (exact) mass is 306 g/mol. The van der Waals surface area contributed by atoms with E-state index in [-0.39, 0.29) is 24.3 Å². The Kier molecular flexibility index (Phi) is 6.50. The van der Waals surface area contributed by atoms with Crippen LogP contribution in [0.5, 0.6) is 0 Å². The number of esters is 2. The van der Waals surface area contributed by atoms with Crippen LogP contribution in [0.3, 0.4) is 0 Å². The molecule has 0 saturated heterocycles. The molecule has 0 amide bonds. The van der Waals surface area contributed by atoms with E-state index in [9.17, 15) is 14.0 Å². The first-order valence-corrected chi connectivity index (χ1v) is 6.91. The molecule has 4 nitrogen and oxygen atoms in total. The smallest absolute Gasteiger partial charge is 0.324 e. The maximum atomic E-state index is 13.9. The van der Waals surface area contributed by atoms with E-state index in [4.69, 9.17) is 9.47 Å². The molecule has 0 unspecified atom stereocenters. The number of halogens is 1. The normalized spacial score (nSPS) is 10.2. The first-order chi connectivity index (χ1) is 10.5. The molecule has 0 atom stereocenters. The largest absolute Gasteiger partial charge is 0.465 e. The Morgan fingerprint density at radius 2 is 1.77 bits per heavy atom. The first-order valence-electron chi connectivity index (χ1n) is 6.91. The summed E-state index contributed by atoms with van der Waals surface area (Å²) in [5.74, 6) is -3.69. The summed E-state index contributed by atoms with van der Waals surface area (Å²) in [5, 5.41) is 0. The Morgan fingerprint density at radius 1 is 1.23 bits per heavy atom. The Hall–Kier alpha value is -2.43. The van der Waals surface area contributed by atoms with Gasteiger partial charge >= 0.3 is 11.9 Å². The van der Waals surface area contributed by atoms with Gasteiger partial charge in [-0.05, 0) is 25.0 Å². The van der Waals surface area contributed by atoms with Gasteiger partial charge in [0, 0.05) is 5.56 Å². The molecule has 118 valence electrons. The number of rotatable bonds is 7. The predicted molar refractivity (Wildman–Crippen MR) is 82.7 cm³/mol. The zero-order valence-electron chi connectivity index (χ0n) is 12.7. The molecule has 1 aromatic carbocycles. The summed E-state index contributed by atoms with van der Waals surface area (Å²) in [6, 6.07) is 4.69. The van der Waals surface area contributed by atoms with Crippen molar-refractivity contribution in [1.29, 1.82) is 0 Å². The molecule has 1 aromatic rings. The van der Waals surface area contributed by atoms with Crippen molar-refractivity contribution >= 4 is 23.8 Å². The molecule has 5 heteroatoms. The Balaban J connectivity index is 3.48. The molecule has 0 aliphatic carbocycles. The van der Waals surface area contributed by atoms with Crippen LogP contribution in [0.2, 0.25) is 0 Å². The standard InChI is InChI=1S/C17H19FO4/c1-5-12-9-8-10-13(14(12)11(4)18)15(16(19)21-6-2)17(20)22-7-3/h5,8-10,15H,1,4,6-7H2,2-3H3. The summed E-state index contributed by atoms with van der Waals surface area (Å²) in [4.78, 5) is 24.3. The van der Waals surface area contributed by atoms with Crippen LogP contribution in [0.4, 0.5) is 4.39 Å². The van der Waals surface area contributed by atoms with Crippen molar-refractivity contribution in [2.75, 3.05) is 13.2 Å². The van der Waals surface area contributed by atoms with Crippen LogP contribution >= 0.6 is 0 Å². The van der Waals surface area contributed by atoms with E-state index >= 15 is 0 Å². The van der Waals surface area contributed by atoms with Gasteiger partial charge in [0.1, 0.15) is 5.83 Å². The maximum Gasteiger partial charge on any atom is 0.324 e. The number of hydrogen-bond donors (Lipinski definition) is 0. The number of hydrogen-bond acceptors (Lipinski definition) is 4. The van der Waals surface area contributed by atoms with Crippen LogP contribution < -0.4 is 0 Å². The van der Waals surface area contributed by atoms with Crippen molar-refractivity contribution in [3.63, 3.8) is 0 Å². The minimum atomic E-state index is -1.36. The lowest BCUT2D eigenvalue weighted by molar-refractivity contribution is -0.156. The van der Waals surface area contributed by atoms with Crippen molar-refractivity contribution < 1.29 is 23.5 Å². The van der Waals surface area contributed by atoms with Crippen molar-refractivity contribution in [2.45, 2.75) is 19.8 Å². The van der Waals surface area contributed by atoms with Gasteiger partial charge in [-0.25, -0.2) is 4.39 Å². The van der Waals surface area contributed by atoms with Crippen LogP contribution in [0, 0.1) is 0 Å². The van der Waals surface area contributed by atoms with E-state index in [1.54, 1.807) is 26.0 Å². The predicted octanol–water partition coefficient (Wildman–Crippen LogP) is 3.48. The minimum Gasteiger partial charge on any atom is -0.465 e. The van der Waals surface area contributed by atoms with Crippen molar-refractivity contribution in [3.05, 3.63) is 48.0 Å². The molecule has 0 aromatic heterocycles. The molecule has 0 heterocycles. The third kappa shape index (κ3) is 3.81. The van der Waals surface area contributed by atoms with Gasteiger partial charge in [0.25, 0.3) is 0 Å². The molecular weight excluding hydrogens is 287 g/mol. The third-order valence-corrected chi connectivity index (χ3v) is 2.98. The minimum absolute atomic E-state index is 0.0589. The highest BCUT2D eigenvalue weighted by Crippen LogP contribution is 2.31.